The zero-order chi connectivity index (χ0) is 18.8. The van der Waals surface area contributed by atoms with E-state index in [1.165, 1.54) is 15.5 Å². The number of fused-ring (bicyclic) bond motifs is 1. The van der Waals surface area contributed by atoms with E-state index >= 15 is 0 Å². The SMILES string of the molecule is NCCc1c[nH]c2ccc(CCc3[nH]c(=O)n(Cc4cccs4)c3O)cc12. The molecule has 0 atom stereocenters. The van der Waals surface area contributed by atoms with E-state index in [0.717, 1.165) is 28.8 Å². The summed E-state index contributed by atoms with van der Waals surface area (Å²) in [5, 5.41) is 13.6. The molecule has 1 aromatic carbocycles. The first-order chi connectivity index (χ1) is 13.2. The number of rotatable bonds is 7. The molecule has 7 heteroatoms. The molecule has 3 aromatic heterocycles. The monoisotopic (exact) mass is 382 g/mol. The van der Waals surface area contributed by atoms with Crippen LogP contribution in [0.15, 0.2) is 46.7 Å². The number of H-pyrrole nitrogens is 2. The molecular weight excluding hydrogens is 360 g/mol. The number of nitrogens with zero attached hydrogens (tertiary/aromatic N) is 1. The van der Waals surface area contributed by atoms with Crippen LogP contribution in [0.1, 0.15) is 21.7 Å². The molecule has 0 unspecified atom stereocenters. The third kappa shape index (κ3) is 3.56. The van der Waals surface area contributed by atoms with Crippen molar-refractivity contribution in [1.29, 1.82) is 0 Å². The highest BCUT2D eigenvalue weighted by Crippen LogP contribution is 2.22. The molecule has 0 aliphatic carbocycles. The summed E-state index contributed by atoms with van der Waals surface area (Å²) in [6, 6.07) is 10.2. The van der Waals surface area contributed by atoms with E-state index in [4.69, 9.17) is 5.73 Å². The molecule has 0 spiro atoms. The Kier molecular flexibility index (Phi) is 4.87. The van der Waals surface area contributed by atoms with Crippen LogP contribution in [0.25, 0.3) is 10.9 Å². The van der Waals surface area contributed by atoms with Gasteiger partial charge in [-0.15, -0.1) is 11.3 Å². The van der Waals surface area contributed by atoms with Crippen molar-refractivity contribution >= 4 is 22.2 Å². The van der Waals surface area contributed by atoms with Gasteiger partial charge in [-0.2, -0.15) is 0 Å². The number of aromatic hydroxyl groups is 1. The number of nitrogens with one attached hydrogen (secondary N) is 2. The van der Waals surface area contributed by atoms with Gasteiger partial charge in [-0.3, -0.25) is 4.57 Å². The van der Waals surface area contributed by atoms with Crippen LogP contribution in [0.3, 0.4) is 0 Å². The molecule has 6 nitrogen and oxygen atoms in total. The largest absolute Gasteiger partial charge is 0.493 e. The normalized spacial score (nSPS) is 11.4. The molecule has 0 aliphatic rings. The number of aromatic nitrogens is 3. The van der Waals surface area contributed by atoms with Gasteiger partial charge in [-0.05, 0) is 60.5 Å². The fraction of sp³-hybridized carbons (Fsp3) is 0.250. The highest BCUT2D eigenvalue weighted by molar-refractivity contribution is 7.09. The lowest BCUT2D eigenvalue weighted by Crippen LogP contribution is -2.16. The van der Waals surface area contributed by atoms with Crippen molar-refractivity contribution in [1.82, 2.24) is 14.5 Å². The first-order valence-electron chi connectivity index (χ1n) is 8.97. The molecule has 0 amide bonds. The van der Waals surface area contributed by atoms with Crippen molar-refractivity contribution < 1.29 is 5.11 Å². The maximum Gasteiger partial charge on any atom is 0.328 e. The summed E-state index contributed by atoms with van der Waals surface area (Å²) in [6.45, 7) is 1.00. The summed E-state index contributed by atoms with van der Waals surface area (Å²) in [5.74, 6) is 0.0277. The number of aromatic amines is 2. The zero-order valence-electron chi connectivity index (χ0n) is 14.9. The maximum atomic E-state index is 12.2. The lowest BCUT2D eigenvalue weighted by Gasteiger charge is -2.04. The number of thiophene rings is 1. The molecule has 0 aliphatic heterocycles. The third-order valence-electron chi connectivity index (χ3n) is 4.83. The Bertz CT molecular complexity index is 1110. The highest BCUT2D eigenvalue weighted by atomic mass is 32.1. The number of imidazole rings is 1. The van der Waals surface area contributed by atoms with Crippen molar-refractivity contribution in [2.45, 2.75) is 25.8 Å². The van der Waals surface area contributed by atoms with Crippen molar-refractivity contribution in [3.05, 3.63) is 74.1 Å². The van der Waals surface area contributed by atoms with E-state index in [0.29, 0.717) is 25.2 Å². The predicted octanol–water partition coefficient (Wildman–Crippen LogP) is 2.76. The van der Waals surface area contributed by atoms with E-state index in [9.17, 15) is 9.90 Å². The second kappa shape index (κ2) is 7.46. The van der Waals surface area contributed by atoms with Crippen molar-refractivity contribution in [3.63, 3.8) is 0 Å². The average Bonchev–Trinajstić information content (AvgIpc) is 3.38. The van der Waals surface area contributed by atoms with E-state index < -0.39 is 0 Å². The number of aryl methyl sites for hydroxylation is 2. The van der Waals surface area contributed by atoms with Gasteiger partial charge < -0.3 is 20.8 Å². The molecule has 4 rings (SSSR count). The van der Waals surface area contributed by atoms with Gasteiger partial charge in [0, 0.05) is 22.0 Å². The standard InChI is InChI=1S/C20H22N4O2S/c21-8-7-14-11-22-17-5-3-13(10-16(14)17)4-6-18-19(25)24(20(26)23-18)12-15-2-1-9-27-15/h1-3,5,9-11,22,25H,4,6-8,12,21H2,(H,23,26). The Morgan fingerprint density at radius 3 is 2.85 bits per heavy atom. The molecule has 27 heavy (non-hydrogen) atoms. The minimum absolute atomic E-state index is 0.0277. The molecular formula is C20H22N4O2S. The maximum absolute atomic E-state index is 12.2. The molecule has 140 valence electrons. The van der Waals surface area contributed by atoms with Crippen molar-refractivity contribution in [2.24, 2.45) is 5.73 Å². The van der Waals surface area contributed by atoms with Crippen LogP contribution in [0.4, 0.5) is 0 Å². The Balaban J connectivity index is 1.52. The molecule has 0 saturated carbocycles. The number of hydrogen-bond donors (Lipinski definition) is 4. The Labute approximate surface area is 160 Å². The summed E-state index contributed by atoms with van der Waals surface area (Å²) in [7, 11) is 0. The molecule has 3 heterocycles. The lowest BCUT2D eigenvalue weighted by molar-refractivity contribution is 0.416. The smallest absolute Gasteiger partial charge is 0.328 e. The number of hydrogen-bond acceptors (Lipinski definition) is 4. The fourth-order valence-corrected chi connectivity index (χ4v) is 4.10. The first-order valence-corrected chi connectivity index (χ1v) is 9.85. The Morgan fingerprint density at radius 2 is 2.07 bits per heavy atom. The summed E-state index contributed by atoms with van der Waals surface area (Å²) in [4.78, 5) is 19.3. The molecule has 5 N–H and O–H groups in total. The van der Waals surface area contributed by atoms with Crippen LogP contribution < -0.4 is 11.4 Å². The second-order valence-electron chi connectivity index (χ2n) is 6.63. The summed E-state index contributed by atoms with van der Waals surface area (Å²) in [6.07, 6.45) is 4.15. The molecule has 4 aromatic rings. The van der Waals surface area contributed by atoms with Crippen LogP contribution in [0.2, 0.25) is 0 Å². The quantitative estimate of drug-likeness (QED) is 0.395. The van der Waals surface area contributed by atoms with Gasteiger partial charge in [0.15, 0.2) is 0 Å². The third-order valence-corrected chi connectivity index (χ3v) is 5.69. The van der Waals surface area contributed by atoms with Gasteiger partial charge in [-0.1, -0.05) is 12.1 Å². The van der Waals surface area contributed by atoms with Gasteiger partial charge in [0.1, 0.15) is 0 Å². The van der Waals surface area contributed by atoms with Gasteiger partial charge in [0.05, 0.1) is 12.2 Å². The minimum atomic E-state index is -0.276. The predicted molar refractivity (Wildman–Crippen MR) is 109 cm³/mol. The number of nitrogens with two attached hydrogens (primary N) is 1. The lowest BCUT2D eigenvalue weighted by atomic mass is 10.0. The van der Waals surface area contributed by atoms with Gasteiger partial charge >= 0.3 is 5.69 Å². The minimum Gasteiger partial charge on any atom is -0.493 e. The fourth-order valence-electron chi connectivity index (χ4n) is 3.40. The van der Waals surface area contributed by atoms with Crippen LogP contribution in [-0.4, -0.2) is 26.2 Å². The molecule has 0 fully saturated rings. The highest BCUT2D eigenvalue weighted by Gasteiger charge is 2.14. The van der Waals surface area contributed by atoms with Crippen LogP contribution >= 0.6 is 11.3 Å². The molecule has 0 radical (unpaired) electrons. The molecule has 0 saturated heterocycles. The van der Waals surface area contributed by atoms with Crippen LogP contribution in [0, 0.1) is 0 Å². The second-order valence-corrected chi connectivity index (χ2v) is 7.66. The van der Waals surface area contributed by atoms with Gasteiger partial charge in [0.25, 0.3) is 0 Å². The van der Waals surface area contributed by atoms with E-state index in [1.54, 1.807) is 11.3 Å². The summed E-state index contributed by atoms with van der Waals surface area (Å²) < 4.78 is 1.38. The molecule has 0 bridgehead atoms. The summed E-state index contributed by atoms with van der Waals surface area (Å²) >= 11 is 1.57. The van der Waals surface area contributed by atoms with Crippen molar-refractivity contribution in [2.75, 3.05) is 6.54 Å². The Morgan fingerprint density at radius 1 is 1.19 bits per heavy atom. The van der Waals surface area contributed by atoms with E-state index in [-0.39, 0.29) is 11.6 Å². The van der Waals surface area contributed by atoms with Crippen LogP contribution in [0.5, 0.6) is 5.88 Å². The van der Waals surface area contributed by atoms with Crippen LogP contribution in [-0.2, 0) is 25.8 Å². The van der Waals surface area contributed by atoms with Gasteiger partial charge in [0.2, 0.25) is 5.88 Å². The van der Waals surface area contributed by atoms with E-state index in [2.05, 4.69) is 28.2 Å². The Hall–Kier alpha value is -2.77. The first kappa shape index (κ1) is 17.6. The number of benzene rings is 1. The average molecular weight is 382 g/mol. The van der Waals surface area contributed by atoms with Gasteiger partial charge in [-0.25, -0.2) is 4.79 Å². The van der Waals surface area contributed by atoms with E-state index in [1.807, 2.05) is 23.7 Å². The topological polar surface area (TPSA) is 99.8 Å². The zero-order valence-corrected chi connectivity index (χ0v) is 15.7. The van der Waals surface area contributed by atoms with Crippen molar-refractivity contribution in [3.8, 4) is 5.88 Å². The summed E-state index contributed by atoms with van der Waals surface area (Å²) in [5.41, 5.74) is 9.46.